The molecule has 0 bridgehead atoms. The quantitative estimate of drug-likeness (QED) is 0.262. The van der Waals surface area contributed by atoms with E-state index in [1.54, 1.807) is 80.7 Å². The molecular formula is C27H22ClFN2O4S. The van der Waals surface area contributed by atoms with Gasteiger partial charge in [0.05, 0.1) is 27.8 Å². The Morgan fingerprint density at radius 1 is 1.14 bits per heavy atom. The monoisotopic (exact) mass is 524 g/mol. The molecule has 0 unspecified atom stereocenters. The van der Waals surface area contributed by atoms with Crippen LogP contribution in [0.3, 0.4) is 0 Å². The van der Waals surface area contributed by atoms with Crippen molar-refractivity contribution in [1.29, 1.82) is 0 Å². The predicted octanol–water partition coefficient (Wildman–Crippen LogP) is 6.47. The van der Waals surface area contributed by atoms with Crippen molar-refractivity contribution in [3.05, 3.63) is 99.2 Å². The third-order valence-corrected chi connectivity index (χ3v) is 6.56. The number of halogens is 2. The molecule has 0 radical (unpaired) electrons. The molecule has 1 amide bonds. The van der Waals surface area contributed by atoms with Crippen LogP contribution in [0.5, 0.6) is 5.75 Å². The van der Waals surface area contributed by atoms with E-state index in [0.717, 1.165) is 0 Å². The van der Waals surface area contributed by atoms with Crippen molar-refractivity contribution in [2.24, 2.45) is 4.99 Å². The topological polar surface area (TPSA) is 68.2 Å². The van der Waals surface area contributed by atoms with Gasteiger partial charge in [-0.1, -0.05) is 35.9 Å². The van der Waals surface area contributed by atoms with E-state index in [9.17, 15) is 14.0 Å². The molecular weight excluding hydrogens is 503 g/mol. The van der Waals surface area contributed by atoms with Gasteiger partial charge in [-0.2, -0.15) is 0 Å². The molecule has 6 nitrogen and oxygen atoms in total. The fourth-order valence-corrected chi connectivity index (χ4v) is 4.53. The molecule has 0 aliphatic carbocycles. The zero-order valence-corrected chi connectivity index (χ0v) is 21.1. The van der Waals surface area contributed by atoms with Crippen LogP contribution in [0.15, 0.2) is 76.6 Å². The van der Waals surface area contributed by atoms with Gasteiger partial charge in [-0.3, -0.25) is 9.69 Å². The van der Waals surface area contributed by atoms with E-state index < -0.39 is 5.97 Å². The Balaban J connectivity index is 1.46. The number of rotatable bonds is 7. The van der Waals surface area contributed by atoms with Crippen LogP contribution >= 0.6 is 23.4 Å². The number of benzene rings is 3. The normalized spacial score (nSPS) is 15.6. The lowest BCUT2D eigenvalue weighted by atomic mass is 10.2. The second-order valence-electron chi connectivity index (χ2n) is 7.71. The van der Waals surface area contributed by atoms with Gasteiger partial charge in [0.25, 0.3) is 5.91 Å². The molecule has 0 saturated carbocycles. The van der Waals surface area contributed by atoms with Crippen LogP contribution in [0.1, 0.15) is 28.4 Å². The van der Waals surface area contributed by atoms with Crippen molar-refractivity contribution < 1.29 is 23.5 Å². The van der Waals surface area contributed by atoms with Gasteiger partial charge in [-0.15, -0.1) is 0 Å². The Morgan fingerprint density at radius 2 is 1.89 bits per heavy atom. The summed E-state index contributed by atoms with van der Waals surface area (Å²) in [5, 5.41) is 0.853. The standard InChI is InChI=1S/C27H22ClFN2O4S/c1-3-34-26(33)18-9-11-20(12-10-18)30-27-31(2)25(32)24(36-27)15-17-8-13-23(21(28)14-17)35-16-19-6-4-5-7-22(19)29/h4-15H,3,16H2,1-2H3/b24-15-,30-27?. The molecule has 184 valence electrons. The van der Waals surface area contributed by atoms with Gasteiger partial charge in [-0.25, -0.2) is 14.2 Å². The van der Waals surface area contributed by atoms with Gasteiger partial charge >= 0.3 is 5.97 Å². The van der Waals surface area contributed by atoms with Gasteiger partial charge in [0.2, 0.25) is 0 Å². The Morgan fingerprint density at radius 3 is 2.58 bits per heavy atom. The molecule has 1 fully saturated rings. The maximum Gasteiger partial charge on any atom is 0.338 e. The number of likely N-dealkylation sites (N-methyl/N-ethyl adjacent to an activating group) is 1. The summed E-state index contributed by atoms with van der Waals surface area (Å²) >= 11 is 7.60. The lowest BCUT2D eigenvalue weighted by molar-refractivity contribution is -0.121. The summed E-state index contributed by atoms with van der Waals surface area (Å²) in [6.07, 6.45) is 1.72. The van der Waals surface area contributed by atoms with Gasteiger partial charge in [0, 0.05) is 12.6 Å². The maximum absolute atomic E-state index is 13.8. The predicted molar refractivity (Wildman–Crippen MR) is 140 cm³/mol. The average molecular weight is 525 g/mol. The van der Waals surface area contributed by atoms with E-state index in [1.165, 1.54) is 22.7 Å². The number of esters is 1. The molecule has 1 aliphatic heterocycles. The summed E-state index contributed by atoms with van der Waals surface area (Å²) < 4.78 is 24.5. The van der Waals surface area contributed by atoms with Crippen molar-refractivity contribution in [2.75, 3.05) is 13.7 Å². The van der Waals surface area contributed by atoms with Gasteiger partial charge in [0.1, 0.15) is 18.2 Å². The van der Waals surface area contributed by atoms with E-state index in [2.05, 4.69) is 4.99 Å². The van der Waals surface area contributed by atoms with E-state index >= 15 is 0 Å². The summed E-state index contributed by atoms with van der Waals surface area (Å²) in [6, 6.07) is 18.2. The summed E-state index contributed by atoms with van der Waals surface area (Å²) in [6.45, 7) is 2.10. The first-order chi connectivity index (χ1) is 17.4. The highest BCUT2D eigenvalue weighted by atomic mass is 35.5. The first-order valence-electron chi connectivity index (χ1n) is 11.0. The molecule has 0 atom stereocenters. The number of thioether (sulfide) groups is 1. The molecule has 9 heteroatoms. The molecule has 3 aromatic rings. The number of carbonyl (C=O) groups excluding carboxylic acids is 2. The minimum Gasteiger partial charge on any atom is -0.487 e. The molecule has 3 aromatic carbocycles. The van der Waals surface area contributed by atoms with Crippen molar-refractivity contribution in [1.82, 2.24) is 4.90 Å². The van der Waals surface area contributed by atoms with Crippen LogP contribution in [0.2, 0.25) is 5.02 Å². The summed E-state index contributed by atoms with van der Waals surface area (Å²) in [5.74, 6) is -0.522. The number of aliphatic imine (C=N–C) groups is 1. The largest absolute Gasteiger partial charge is 0.487 e. The van der Waals surface area contributed by atoms with Crippen molar-refractivity contribution >= 4 is 52.2 Å². The maximum atomic E-state index is 13.8. The fraction of sp³-hybridized carbons (Fsp3) is 0.148. The number of carbonyl (C=O) groups is 2. The fourth-order valence-electron chi connectivity index (χ4n) is 3.29. The second-order valence-corrected chi connectivity index (χ2v) is 9.12. The minimum atomic E-state index is -0.397. The Kier molecular flexibility index (Phi) is 8.07. The van der Waals surface area contributed by atoms with E-state index in [4.69, 9.17) is 21.1 Å². The molecule has 1 aliphatic rings. The van der Waals surface area contributed by atoms with E-state index in [0.29, 0.717) is 49.8 Å². The summed E-state index contributed by atoms with van der Waals surface area (Å²) in [4.78, 5) is 31.1. The third-order valence-electron chi connectivity index (χ3n) is 5.20. The van der Waals surface area contributed by atoms with Crippen LogP contribution in [0.4, 0.5) is 10.1 Å². The lowest BCUT2D eigenvalue weighted by Gasteiger charge is -2.09. The zero-order valence-electron chi connectivity index (χ0n) is 19.5. The molecule has 0 aromatic heterocycles. The van der Waals surface area contributed by atoms with Crippen LogP contribution < -0.4 is 4.74 Å². The number of nitrogens with zero attached hydrogens (tertiary/aromatic N) is 2. The zero-order chi connectivity index (χ0) is 25.7. The van der Waals surface area contributed by atoms with Crippen LogP contribution in [0, 0.1) is 5.82 Å². The smallest absolute Gasteiger partial charge is 0.338 e. The van der Waals surface area contributed by atoms with Crippen LogP contribution in [-0.4, -0.2) is 35.6 Å². The highest BCUT2D eigenvalue weighted by molar-refractivity contribution is 8.18. The summed E-state index contributed by atoms with van der Waals surface area (Å²) in [5.41, 5.74) is 2.18. The first kappa shape index (κ1) is 25.5. The molecule has 36 heavy (non-hydrogen) atoms. The molecule has 0 spiro atoms. The minimum absolute atomic E-state index is 0.0482. The van der Waals surface area contributed by atoms with E-state index in [-0.39, 0.29) is 18.3 Å². The molecule has 1 saturated heterocycles. The van der Waals surface area contributed by atoms with Gasteiger partial charge < -0.3 is 9.47 Å². The number of ether oxygens (including phenoxy) is 2. The van der Waals surface area contributed by atoms with E-state index in [1.807, 2.05) is 0 Å². The molecule has 0 N–H and O–H groups in total. The third kappa shape index (κ3) is 5.95. The van der Waals surface area contributed by atoms with Crippen molar-refractivity contribution in [3.8, 4) is 5.75 Å². The Hall–Kier alpha value is -3.62. The average Bonchev–Trinajstić information content (AvgIpc) is 3.12. The van der Waals surface area contributed by atoms with Crippen LogP contribution in [0.25, 0.3) is 6.08 Å². The van der Waals surface area contributed by atoms with Gasteiger partial charge in [-0.05, 0) is 72.8 Å². The molecule has 1 heterocycles. The highest BCUT2D eigenvalue weighted by Crippen LogP contribution is 2.34. The number of amides is 1. The van der Waals surface area contributed by atoms with Crippen molar-refractivity contribution in [2.45, 2.75) is 13.5 Å². The van der Waals surface area contributed by atoms with Crippen molar-refractivity contribution in [3.63, 3.8) is 0 Å². The van der Waals surface area contributed by atoms with Crippen LogP contribution in [-0.2, 0) is 16.1 Å². The SMILES string of the molecule is CCOC(=O)c1ccc(N=C2S/C(=C\c3ccc(OCc4ccccc4F)c(Cl)c3)C(=O)N2C)cc1. The number of hydrogen-bond donors (Lipinski definition) is 0. The molecule has 4 rings (SSSR count). The Labute approximate surface area is 217 Å². The number of amidine groups is 1. The Bertz CT molecular complexity index is 1360. The number of hydrogen-bond acceptors (Lipinski definition) is 6. The lowest BCUT2D eigenvalue weighted by Crippen LogP contribution is -2.23. The second kappa shape index (κ2) is 11.4. The first-order valence-corrected chi connectivity index (χ1v) is 12.2. The highest BCUT2D eigenvalue weighted by Gasteiger charge is 2.30. The van der Waals surface area contributed by atoms with Gasteiger partial charge in [0.15, 0.2) is 5.17 Å². The summed E-state index contributed by atoms with van der Waals surface area (Å²) in [7, 11) is 1.65.